The van der Waals surface area contributed by atoms with Gasteiger partial charge in [0.25, 0.3) is 0 Å². The number of fused-ring (bicyclic) bond motifs is 1. The van der Waals surface area contributed by atoms with Crippen LogP contribution in [0.15, 0.2) is 53.7 Å². The Hall–Kier alpha value is -1.28. The SMILES string of the molecule is C=COc1ccc2cc(Br)ccc2c1. The number of rotatable bonds is 2. The molecule has 2 heteroatoms. The molecule has 0 saturated carbocycles. The van der Waals surface area contributed by atoms with Crippen molar-refractivity contribution in [1.82, 2.24) is 0 Å². The molecule has 0 aliphatic rings. The Kier molecular flexibility index (Phi) is 2.55. The topological polar surface area (TPSA) is 9.23 Å². The van der Waals surface area contributed by atoms with E-state index in [9.17, 15) is 0 Å². The zero-order valence-corrected chi connectivity index (χ0v) is 9.12. The maximum Gasteiger partial charge on any atom is 0.127 e. The third kappa shape index (κ3) is 1.80. The maximum atomic E-state index is 5.20. The molecule has 0 unspecified atom stereocenters. The van der Waals surface area contributed by atoms with E-state index in [0.29, 0.717) is 0 Å². The molecule has 0 spiro atoms. The molecule has 0 radical (unpaired) electrons. The molecule has 14 heavy (non-hydrogen) atoms. The highest BCUT2D eigenvalue weighted by atomic mass is 79.9. The van der Waals surface area contributed by atoms with Gasteiger partial charge in [-0.15, -0.1) is 0 Å². The van der Waals surface area contributed by atoms with E-state index < -0.39 is 0 Å². The van der Waals surface area contributed by atoms with Crippen LogP contribution in [0.3, 0.4) is 0 Å². The van der Waals surface area contributed by atoms with Crippen LogP contribution in [0.4, 0.5) is 0 Å². The second-order valence-corrected chi connectivity index (χ2v) is 3.85. The predicted octanol–water partition coefficient (Wildman–Crippen LogP) is 4.12. The Morgan fingerprint density at radius 1 is 1.07 bits per heavy atom. The van der Waals surface area contributed by atoms with Gasteiger partial charge < -0.3 is 4.74 Å². The summed E-state index contributed by atoms with van der Waals surface area (Å²) in [6.07, 6.45) is 1.43. The monoisotopic (exact) mass is 248 g/mol. The number of hydrogen-bond donors (Lipinski definition) is 0. The van der Waals surface area contributed by atoms with Crippen molar-refractivity contribution >= 4 is 26.7 Å². The lowest BCUT2D eigenvalue weighted by Crippen LogP contribution is -1.80. The summed E-state index contributed by atoms with van der Waals surface area (Å²) < 4.78 is 6.28. The fourth-order valence-electron chi connectivity index (χ4n) is 1.36. The maximum absolute atomic E-state index is 5.20. The van der Waals surface area contributed by atoms with Crippen molar-refractivity contribution in [3.05, 3.63) is 53.7 Å². The number of hydrogen-bond acceptors (Lipinski definition) is 1. The van der Waals surface area contributed by atoms with E-state index in [1.807, 2.05) is 24.3 Å². The summed E-state index contributed by atoms with van der Waals surface area (Å²) in [4.78, 5) is 0. The summed E-state index contributed by atoms with van der Waals surface area (Å²) in [6, 6.07) is 12.1. The minimum atomic E-state index is 0.815. The van der Waals surface area contributed by atoms with Gasteiger partial charge in [0.15, 0.2) is 0 Å². The quantitative estimate of drug-likeness (QED) is 0.727. The smallest absolute Gasteiger partial charge is 0.127 e. The van der Waals surface area contributed by atoms with E-state index >= 15 is 0 Å². The van der Waals surface area contributed by atoms with Crippen LogP contribution in [0, 0.1) is 0 Å². The van der Waals surface area contributed by atoms with Crippen LogP contribution in [0.5, 0.6) is 5.75 Å². The summed E-state index contributed by atoms with van der Waals surface area (Å²) in [7, 11) is 0. The third-order valence-corrected chi connectivity index (χ3v) is 2.49. The van der Waals surface area contributed by atoms with Gasteiger partial charge in [-0.3, -0.25) is 0 Å². The molecule has 0 aromatic heterocycles. The van der Waals surface area contributed by atoms with Crippen LogP contribution in [0.25, 0.3) is 10.8 Å². The summed E-state index contributed by atoms with van der Waals surface area (Å²) in [5.41, 5.74) is 0. The molecule has 1 nitrogen and oxygen atoms in total. The van der Waals surface area contributed by atoms with Crippen molar-refractivity contribution in [2.45, 2.75) is 0 Å². The van der Waals surface area contributed by atoms with Crippen molar-refractivity contribution in [2.75, 3.05) is 0 Å². The molecule has 2 aromatic carbocycles. The highest BCUT2D eigenvalue weighted by Crippen LogP contribution is 2.23. The fraction of sp³-hybridized carbons (Fsp3) is 0. The standard InChI is InChI=1S/C12H9BrO/c1-2-14-12-6-4-9-7-11(13)5-3-10(9)8-12/h2-8H,1H2. The average molecular weight is 249 g/mol. The fourth-order valence-corrected chi connectivity index (χ4v) is 1.74. The van der Waals surface area contributed by atoms with Gasteiger partial charge >= 0.3 is 0 Å². The predicted molar refractivity (Wildman–Crippen MR) is 62.5 cm³/mol. The minimum Gasteiger partial charge on any atom is -0.466 e. The van der Waals surface area contributed by atoms with Gasteiger partial charge in [0.1, 0.15) is 5.75 Å². The molecule has 70 valence electrons. The van der Waals surface area contributed by atoms with Crippen LogP contribution in [-0.2, 0) is 0 Å². The summed E-state index contributed by atoms with van der Waals surface area (Å²) >= 11 is 3.43. The Balaban J connectivity index is 2.55. The van der Waals surface area contributed by atoms with E-state index in [4.69, 9.17) is 4.74 Å². The van der Waals surface area contributed by atoms with E-state index in [0.717, 1.165) is 15.6 Å². The second-order valence-electron chi connectivity index (χ2n) is 2.94. The van der Waals surface area contributed by atoms with Crippen molar-refractivity contribution in [1.29, 1.82) is 0 Å². The van der Waals surface area contributed by atoms with Crippen molar-refractivity contribution < 1.29 is 4.74 Å². The van der Waals surface area contributed by atoms with E-state index in [2.05, 4.69) is 34.6 Å². The van der Waals surface area contributed by atoms with Crippen LogP contribution in [0.1, 0.15) is 0 Å². The number of ether oxygens (including phenoxy) is 1. The van der Waals surface area contributed by atoms with Gasteiger partial charge in [-0.1, -0.05) is 34.6 Å². The molecule has 0 atom stereocenters. The van der Waals surface area contributed by atoms with Crippen LogP contribution in [0.2, 0.25) is 0 Å². The molecule has 0 N–H and O–H groups in total. The first-order chi connectivity index (χ1) is 6.79. The highest BCUT2D eigenvalue weighted by Gasteiger charge is 1.96. The largest absolute Gasteiger partial charge is 0.466 e. The number of halogens is 1. The van der Waals surface area contributed by atoms with Gasteiger partial charge in [-0.2, -0.15) is 0 Å². The van der Waals surface area contributed by atoms with E-state index in [-0.39, 0.29) is 0 Å². The lowest BCUT2D eigenvalue weighted by molar-refractivity contribution is 0.484. The number of benzene rings is 2. The Morgan fingerprint density at radius 3 is 2.57 bits per heavy atom. The van der Waals surface area contributed by atoms with Crippen molar-refractivity contribution in [2.24, 2.45) is 0 Å². The van der Waals surface area contributed by atoms with E-state index in [1.165, 1.54) is 11.6 Å². The lowest BCUT2D eigenvalue weighted by atomic mass is 10.1. The summed E-state index contributed by atoms with van der Waals surface area (Å²) in [5, 5.41) is 2.35. The van der Waals surface area contributed by atoms with Crippen molar-refractivity contribution in [3.8, 4) is 5.75 Å². The zero-order chi connectivity index (χ0) is 9.97. The first-order valence-electron chi connectivity index (χ1n) is 4.26. The van der Waals surface area contributed by atoms with Crippen molar-refractivity contribution in [3.63, 3.8) is 0 Å². The Morgan fingerprint density at radius 2 is 1.79 bits per heavy atom. The summed E-state index contributed by atoms with van der Waals surface area (Å²) in [5.74, 6) is 0.815. The van der Waals surface area contributed by atoms with Gasteiger partial charge in [-0.05, 0) is 35.0 Å². The Bertz CT molecular complexity index is 477. The first kappa shape index (κ1) is 9.28. The molecule has 0 aliphatic carbocycles. The molecular weight excluding hydrogens is 240 g/mol. The first-order valence-corrected chi connectivity index (χ1v) is 5.06. The van der Waals surface area contributed by atoms with Gasteiger partial charge in [0.05, 0.1) is 6.26 Å². The zero-order valence-electron chi connectivity index (χ0n) is 7.53. The molecule has 0 bridgehead atoms. The highest BCUT2D eigenvalue weighted by molar-refractivity contribution is 9.10. The third-order valence-electron chi connectivity index (χ3n) is 1.99. The normalized spacial score (nSPS) is 10.1. The van der Waals surface area contributed by atoms with Crippen LogP contribution in [-0.4, -0.2) is 0 Å². The molecule has 0 amide bonds. The van der Waals surface area contributed by atoms with E-state index in [1.54, 1.807) is 0 Å². The molecule has 0 saturated heterocycles. The molecular formula is C12H9BrO. The minimum absolute atomic E-state index is 0.815. The van der Waals surface area contributed by atoms with Crippen LogP contribution < -0.4 is 4.74 Å². The van der Waals surface area contributed by atoms with Gasteiger partial charge in [0, 0.05) is 4.47 Å². The van der Waals surface area contributed by atoms with Gasteiger partial charge in [0.2, 0.25) is 0 Å². The van der Waals surface area contributed by atoms with Crippen LogP contribution >= 0.6 is 15.9 Å². The molecule has 2 rings (SSSR count). The molecule has 2 aromatic rings. The van der Waals surface area contributed by atoms with Gasteiger partial charge in [-0.25, -0.2) is 0 Å². The molecule has 0 heterocycles. The average Bonchev–Trinajstić information content (AvgIpc) is 2.19. The lowest BCUT2D eigenvalue weighted by Gasteiger charge is -2.02. The summed E-state index contributed by atoms with van der Waals surface area (Å²) in [6.45, 7) is 3.52. The molecule has 0 fully saturated rings. The second kappa shape index (κ2) is 3.84. The molecule has 0 aliphatic heterocycles. The Labute approximate surface area is 91.1 Å².